The molecule has 41 heavy (non-hydrogen) atoms. The molecule has 0 aromatic heterocycles. The molecule has 1 aliphatic rings. The number of ether oxygens (including phenoxy) is 3. The highest BCUT2D eigenvalue weighted by Crippen LogP contribution is 2.38. The molecule has 6 nitrogen and oxygen atoms in total. The summed E-state index contributed by atoms with van der Waals surface area (Å²) in [5.74, 6) is 0. The van der Waals surface area contributed by atoms with E-state index in [9.17, 15) is 8.42 Å². The lowest BCUT2D eigenvalue weighted by Crippen LogP contribution is -2.39. The quantitative estimate of drug-likeness (QED) is 0.170. The Morgan fingerprint density at radius 3 is 1.76 bits per heavy atom. The van der Waals surface area contributed by atoms with Gasteiger partial charge in [0.25, 0.3) is 10.1 Å². The van der Waals surface area contributed by atoms with Crippen LogP contribution >= 0.6 is 11.8 Å². The van der Waals surface area contributed by atoms with E-state index in [1.165, 1.54) is 11.8 Å². The fraction of sp³-hybridized carbons (Fsp3) is 0.273. The zero-order chi connectivity index (χ0) is 28.7. The molecule has 5 rings (SSSR count). The summed E-state index contributed by atoms with van der Waals surface area (Å²) in [5, 5.41) is 0. The van der Waals surface area contributed by atoms with Gasteiger partial charge in [-0.05, 0) is 49.2 Å². The zero-order valence-electron chi connectivity index (χ0n) is 23.1. The van der Waals surface area contributed by atoms with E-state index in [2.05, 4.69) is 12.1 Å². The van der Waals surface area contributed by atoms with Crippen LogP contribution in [0.25, 0.3) is 0 Å². The minimum absolute atomic E-state index is 0.102. The molecule has 4 aromatic rings. The van der Waals surface area contributed by atoms with Gasteiger partial charge in [-0.15, -0.1) is 0 Å². The summed E-state index contributed by atoms with van der Waals surface area (Å²) in [7, 11) is -3.99. The van der Waals surface area contributed by atoms with Gasteiger partial charge < -0.3 is 14.2 Å². The fourth-order valence-electron chi connectivity index (χ4n) is 4.51. The third-order valence-corrected chi connectivity index (χ3v) is 9.26. The summed E-state index contributed by atoms with van der Waals surface area (Å²) in [4.78, 5) is 1.12. The smallest absolute Gasteiger partial charge is 0.297 e. The van der Waals surface area contributed by atoms with E-state index in [1.54, 1.807) is 24.3 Å². The summed E-state index contributed by atoms with van der Waals surface area (Å²) in [6.45, 7) is 4.43. The van der Waals surface area contributed by atoms with Gasteiger partial charge in [-0.1, -0.05) is 108 Å². The average Bonchev–Trinajstić information content (AvgIpc) is 3.32. The summed E-state index contributed by atoms with van der Waals surface area (Å²) >= 11 is 1.53. The fourth-order valence-corrected chi connectivity index (χ4v) is 6.56. The molecule has 1 aliphatic heterocycles. The Morgan fingerprint density at radius 2 is 1.20 bits per heavy atom. The number of hydrogen-bond acceptors (Lipinski definition) is 7. The standard InChI is InChI=1S/C33H34O6S2/c1-24-13-17-28(18-14-24)40-33-32(37-22-27-11-7-4-8-12-27)31(36-21-26-9-5-3-6-10-26)30(39-33)23-38-41(34,35)29-19-15-25(2)16-20-29/h3-20,30-33H,21-23H2,1-2H3/t30-,31+,32-,33+/m0/s1. The molecule has 0 spiro atoms. The van der Waals surface area contributed by atoms with Crippen LogP contribution in [0.15, 0.2) is 119 Å². The van der Waals surface area contributed by atoms with Crippen LogP contribution < -0.4 is 0 Å². The summed E-state index contributed by atoms with van der Waals surface area (Å²) in [5.41, 5.74) is 3.70. The highest BCUT2D eigenvalue weighted by Gasteiger charge is 2.47. The number of thioether (sulfide) groups is 1. The van der Waals surface area contributed by atoms with Crippen LogP contribution in [-0.4, -0.2) is 38.8 Å². The molecule has 8 heteroatoms. The monoisotopic (exact) mass is 590 g/mol. The molecule has 1 saturated heterocycles. The average molecular weight is 591 g/mol. The summed E-state index contributed by atoms with van der Waals surface area (Å²) in [6.07, 6.45) is -1.74. The summed E-state index contributed by atoms with van der Waals surface area (Å²) in [6, 6.07) is 34.5. The number of aryl methyl sites for hydroxylation is 2. The van der Waals surface area contributed by atoms with E-state index < -0.39 is 33.9 Å². The highest BCUT2D eigenvalue weighted by molar-refractivity contribution is 7.99. The second-order valence-electron chi connectivity index (χ2n) is 10.0. The molecule has 1 fully saturated rings. The molecule has 214 valence electrons. The van der Waals surface area contributed by atoms with Crippen LogP contribution in [0, 0.1) is 13.8 Å². The Morgan fingerprint density at radius 1 is 0.683 bits per heavy atom. The molecule has 4 atom stereocenters. The van der Waals surface area contributed by atoms with Crippen molar-refractivity contribution in [2.24, 2.45) is 0 Å². The van der Waals surface area contributed by atoms with Gasteiger partial charge in [0.1, 0.15) is 23.7 Å². The Kier molecular flexibility index (Phi) is 9.92. The zero-order valence-corrected chi connectivity index (χ0v) is 24.7. The van der Waals surface area contributed by atoms with Crippen molar-refractivity contribution < 1.29 is 26.8 Å². The second kappa shape index (κ2) is 13.8. The van der Waals surface area contributed by atoms with Crippen molar-refractivity contribution in [2.75, 3.05) is 6.61 Å². The van der Waals surface area contributed by atoms with E-state index in [-0.39, 0.29) is 11.5 Å². The minimum atomic E-state index is -3.99. The maximum atomic E-state index is 13.0. The molecule has 0 aliphatic carbocycles. The van der Waals surface area contributed by atoms with Gasteiger partial charge in [0.2, 0.25) is 0 Å². The third-order valence-electron chi connectivity index (χ3n) is 6.81. The van der Waals surface area contributed by atoms with E-state index in [1.807, 2.05) is 86.6 Å². The van der Waals surface area contributed by atoms with E-state index in [0.29, 0.717) is 13.2 Å². The Balaban J connectivity index is 1.39. The van der Waals surface area contributed by atoms with E-state index in [0.717, 1.165) is 27.1 Å². The van der Waals surface area contributed by atoms with E-state index in [4.69, 9.17) is 18.4 Å². The van der Waals surface area contributed by atoms with Crippen molar-refractivity contribution in [2.45, 2.75) is 60.6 Å². The molecule has 1 heterocycles. The van der Waals surface area contributed by atoms with E-state index >= 15 is 0 Å². The van der Waals surface area contributed by atoms with Crippen LogP contribution in [-0.2, 0) is 41.7 Å². The molecular formula is C33H34O6S2. The lowest BCUT2D eigenvalue weighted by molar-refractivity contribution is -0.0797. The van der Waals surface area contributed by atoms with Gasteiger partial charge in [-0.3, -0.25) is 4.18 Å². The molecule has 0 saturated carbocycles. The topological polar surface area (TPSA) is 71.1 Å². The predicted octanol–water partition coefficient (Wildman–Crippen LogP) is 6.70. The Labute approximate surface area is 246 Å². The van der Waals surface area contributed by atoms with Crippen LogP contribution in [0.5, 0.6) is 0 Å². The van der Waals surface area contributed by atoms with Gasteiger partial charge >= 0.3 is 0 Å². The molecule has 0 bridgehead atoms. The number of rotatable bonds is 12. The molecule has 0 amide bonds. The molecular weight excluding hydrogens is 556 g/mol. The van der Waals surface area contributed by atoms with Gasteiger partial charge in [0.15, 0.2) is 0 Å². The molecule has 4 aromatic carbocycles. The van der Waals surface area contributed by atoms with Crippen LogP contribution in [0.3, 0.4) is 0 Å². The van der Waals surface area contributed by atoms with Crippen LogP contribution in [0.2, 0.25) is 0 Å². The van der Waals surface area contributed by atoms with Crippen molar-refractivity contribution in [1.82, 2.24) is 0 Å². The van der Waals surface area contributed by atoms with Crippen molar-refractivity contribution in [3.63, 3.8) is 0 Å². The lowest BCUT2D eigenvalue weighted by atomic mass is 10.1. The first-order valence-electron chi connectivity index (χ1n) is 13.5. The predicted molar refractivity (Wildman–Crippen MR) is 160 cm³/mol. The van der Waals surface area contributed by atoms with Crippen LogP contribution in [0.1, 0.15) is 22.3 Å². The van der Waals surface area contributed by atoms with Crippen molar-refractivity contribution in [1.29, 1.82) is 0 Å². The van der Waals surface area contributed by atoms with Crippen molar-refractivity contribution in [3.05, 3.63) is 131 Å². The maximum Gasteiger partial charge on any atom is 0.297 e. The van der Waals surface area contributed by atoms with Gasteiger partial charge in [-0.25, -0.2) is 0 Å². The SMILES string of the molecule is Cc1ccc(S[C@H]2O[C@@H](COS(=O)(=O)c3ccc(C)cc3)[C@@H](OCc3ccccc3)[C@@H]2OCc2ccccc2)cc1. The normalized spacial score (nSPS) is 20.7. The highest BCUT2D eigenvalue weighted by atomic mass is 32.2. The first-order chi connectivity index (χ1) is 19.9. The molecule has 0 radical (unpaired) electrons. The first kappa shape index (κ1) is 29.5. The van der Waals surface area contributed by atoms with Crippen LogP contribution in [0.4, 0.5) is 0 Å². The second-order valence-corrected chi connectivity index (χ2v) is 12.8. The van der Waals surface area contributed by atoms with Crippen molar-refractivity contribution >= 4 is 21.9 Å². The largest absolute Gasteiger partial charge is 0.368 e. The van der Waals surface area contributed by atoms with Gasteiger partial charge in [-0.2, -0.15) is 8.42 Å². The molecule has 0 N–H and O–H groups in total. The maximum absolute atomic E-state index is 13.0. The van der Waals surface area contributed by atoms with Gasteiger partial charge in [0.05, 0.1) is 24.7 Å². The molecule has 0 unspecified atom stereocenters. The number of benzene rings is 4. The summed E-state index contributed by atoms with van der Waals surface area (Å²) < 4.78 is 51.0. The first-order valence-corrected chi connectivity index (χ1v) is 15.8. The Bertz CT molecular complexity index is 1480. The Hall–Kier alpha value is -2.98. The number of hydrogen-bond donors (Lipinski definition) is 0. The van der Waals surface area contributed by atoms with Gasteiger partial charge in [0, 0.05) is 4.90 Å². The minimum Gasteiger partial charge on any atom is -0.368 e. The lowest BCUT2D eigenvalue weighted by Gasteiger charge is -2.25. The van der Waals surface area contributed by atoms with Crippen molar-refractivity contribution in [3.8, 4) is 0 Å². The third kappa shape index (κ3) is 8.07.